The van der Waals surface area contributed by atoms with Crippen molar-refractivity contribution in [2.75, 3.05) is 13.2 Å². The molecule has 1 N–H and O–H groups in total. The van der Waals surface area contributed by atoms with Gasteiger partial charge in [0.15, 0.2) is 0 Å². The number of fused-ring (bicyclic) bond motifs is 1. The van der Waals surface area contributed by atoms with Crippen molar-refractivity contribution in [1.82, 2.24) is 14.9 Å². The number of alkyl halides is 3. The Bertz CT molecular complexity index is 580. The van der Waals surface area contributed by atoms with Gasteiger partial charge in [-0.2, -0.15) is 0 Å². The third-order valence-electron chi connectivity index (χ3n) is 3.06. The molecule has 2 aromatic rings. The number of nitrogens with zero attached hydrogens (tertiary/aromatic N) is 2. The molecular formula is C14H18F3N3O. The van der Waals surface area contributed by atoms with Crippen LogP contribution in [0.5, 0.6) is 0 Å². The first-order valence-corrected chi connectivity index (χ1v) is 6.85. The van der Waals surface area contributed by atoms with Crippen LogP contribution in [-0.4, -0.2) is 29.1 Å². The normalized spacial score (nSPS) is 12.2. The molecule has 0 fully saturated rings. The molecule has 116 valence electrons. The van der Waals surface area contributed by atoms with Crippen molar-refractivity contribution in [2.24, 2.45) is 0 Å². The molecule has 0 aromatic carbocycles. The van der Waals surface area contributed by atoms with Gasteiger partial charge in [0, 0.05) is 30.9 Å². The minimum Gasteiger partial charge on any atom is -0.330 e. The van der Waals surface area contributed by atoms with Crippen LogP contribution in [0, 0.1) is 0 Å². The van der Waals surface area contributed by atoms with Crippen molar-refractivity contribution in [1.29, 1.82) is 0 Å². The highest BCUT2D eigenvalue weighted by Crippen LogP contribution is 2.20. The summed E-state index contributed by atoms with van der Waals surface area (Å²) in [7, 11) is 0. The van der Waals surface area contributed by atoms with Crippen LogP contribution in [0.15, 0.2) is 24.5 Å². The quantitative estimate of drug-likeness (QED) is 0.799. The van der Waals surface area contributed by atoms with E-state index in [1.165, 1.54) is 0 Å². The molecule has 0 radical (unpaired) electrons. The first-order valence-electron chi connectivity index (χ1n) is 6.85. The number of halogens is 3. The van der Waals surface area contributed by atoms with Crippen molar-refractivity contribution in [3.63, 3.8) is 0 Å². The van der Waals surface area contributed by atoms with Gasteiger partial charge in [-0.15, -0.1) is 13.2 Å². The minimum atomic E-state index is -4.60. The Balaban J connectivity index is 2.11. The van der Waals surface area contributed by atoms with Gasteiger partial charge in [-0.3, -0.25) is 4.74 Å². The lowest BCUT2D eigenvalue weighted by atomic mass is 10.2. The Kier molecular flexibility index (Phi) is 5.19. The van der Waals surface area contributed by atoms with E-state index >= 15 is 0 Å². The lowest BCUT2D eigenvalue weighted by Gasteiger charge is -2.08. The van der Waals surface area contributed by atoms with Crippen LogP contribution in [0.4, 0.5) is 13.2 Å². The molecule has 0 unspecified atom stereocenters. The summed E-state index contributed by atoms with van der Waals surface area (Å²) in [6, 6.07) is 3.74. The fraction of sp³-hybridized carbons (Fsp3) is 0.500. The Morgan fingerprint density at radius 1 is 1.38 bits per heavy atom. The van der Waals surface area contributed by atoms with Crippen LogP contribution in [0.25, 0.3) is 11.0 Å². The maximum Gasteiger partial charge on any atom is 0.522 e. The van der Waals surface area contributed by atoms with E-state index in [1.807, 2.05) is 18.3 Å². The van der Waals surface area contributed by atoms with E-state index in [9.17, 15) is 13.2 Å². The molecule has 0 saturated heterocycles. The molecule has 0 bridgehead atoms. The number of nitrogens with one attached hydrogen (secondary N) is 1. The van der Waals surface area contributed by atoms with E-state index < -0.39 is 13.0 Å². The largest absolute Gasteiger partial charge is 0.522 e. The molecule has 0 amide bonds. The molecule has 7 heteroatoms. The minimum absolute atomic E-state index is 0.112. The van der Waals surface area contributed by atoms with Gasteiger partial charge in [-0.25, -0.2) is 4.98 Å². The Hall–Kier alpha value is -1.60. The predicted octanol–water partition coefficient (Wildman–Crippen LogP) is 3.07. The first kappa shape index (κ1) is 15.8. The highest BCUT2D eigenvalue weighted by atomic mass is 19.4. The summed E-state index contributed by atoms with van der Waals surface area (Å²) in [4.78, 5) is 4.24. The van der Waals surface area contributed by atoms with Gasteiger partial charge in [0.05, 0.1) is 6.61 Å². The zero-order valence-electron chi connectivity index (χ0n) is 11.8. The summed E-state index contributed by atoms with van der Waals surface area (Å²) in [5.74, 6) is 0. The summed E-state index contributed by atoms with van der Waals surface area (Å²) < 4.78 is 41.6. The molecule has 0 aliphatic heterocycles. The number of hydrogen-bond donors (Lipinski definition) is 1. The second-order valence-electron chi connectivity index (χ2n) is 4.69. The molecule has 2 heterocycles. The molecule has 0 aliphatic carbocycles. The average molecular weight is 301 g/mol. The molecule has 0 saturated carbocycles. The summed E-state index contributed by atoms with van der Waals surface area (Å²) in [6.45, 7) is 3.33. The van der Waals surface area contributed by atoms with Crippen LogP contribution < -0.4 is 5.32 Å². The molecular weight excluding hydrogens is 283 g/mol. The lowest BCUT2D eigenvalue weighted by Crippen LogP contribution is -2.17. The zero-order chi connectivity index (χ0) is 15.3. The number of ether oxygens (including phenoxy) is 1. The van der Waals surface area contributed by atoms with Crippen LogP contribution >= 0.6 is 0 Å². The molecule has 21 heavy (non-hydrogen) atoms. The lowest BCUT2D eigenvalue weighted by molar-refractivity contribution is -0.325. The number of pyridine rings is 1. The standard InChI is InChI=1S/C14H18F3N3O/c1-2-5-18-9-11-10-20(7-8-21-14(15,16)17)13-12(11)4-3-6-19-13/h3-4,6,10,18H,2,5,7-9H2,1H3. The van der Waals surface area contributed by atoms with Gasteiger partial charge in [-0.1, -0.05) is 6.92 Å². The van der Waals surface area contributed by atoms with E-state index in [-0.39, 0.29) is 6.54 Å². The summed E-state index contributed by atoms with van der Waals surface area (Å²) >= 11 is 0. The van der Waals surface area contributed by atoms with Gasteiger partial charge < -0.3 is 9.88 Å². The molecule has 0 atom stereocenters. The van der Waals surface area contributed by atoms with Crippen LogP contribution in [0.2, 0.25) is 0 Å². The predicted molar refractivity (Wildman–Crippen MR) is 73.7 cm³/mol. The Morgan fingerprint density at radius 2 is 2.19 bits per heavy atom. The molecule has 2 aromatic heterocycles. The van der Waals surface area contributed by atoms with Gasteiger partial charge >= 0.3 is 6.36 Å². The second-order valence-corrected chi connectivity index (χ2v) is 4.69. The van der Waals surface area contributed by atoms with Crippen molar-refractivity contribution >= 4 is 11.0 Å². The SMILES string of the molecule is CCCNCc1cn(CCOC(F)(F)F)c2ncccc12. The van der Waals surface area contributed by atoms with Crippen LogP contribution in [-0.2, 0) is 17.8 Å². The van der Waals surface area contributed by atoms with Crippen molar-refractivity contribution in [3.05, 3.63) is 30.1 Å². The van der Waals surface area contributed by atoms with E-state index in [4.69, 9.17) is 0 Å². The highest BCUT2D eigenvalue weighted by molar-refractivity contribution is 5.80. The summed E-state index contributed by atoms with van der Waals surface area (Å²) in [5, 5.41) is 4.24. The van der Waals surface area contributed by atoms with Crippen LogP contribution in [0.3, 0.4) is 0 Å². The monoisotopic (exact) mass is 301 g/mol. The Morgan fingerprint density at radius 3 is 2.90 bits per heavy atom. The fourth-order valence-electron chi connectivity index (χ4n) is 2.17. The number of rotatable bonds is 7. The van der Waals surface area contributed by atoms with Gasteiger partial charge in [-0.05, 0) is 30.7 Å². The maximum absolute atomic E-state index is 12.0. The van der Waals surface area contributed by atoms with Crippen LogP contribution in [0.1, 0.15) is 18.9 Å². The molecule has 2 rings (SSSR count). The fourth-order valence-corrected chi connectivity index (χ4v) is 2.17. The van der Waals surface area contributed by atoms with E-state index in [0.29, 0.717) is 12.2 Å². The summed E-state index contributed by atoms with van der Waals surface area (Å²) in [5.41, 5.74) is 1.70. The summed E-state index contributed by atoms with van der Waals surface area (Å²) in [6.07, 6.45) is -0.106. The third kappa shape index (κ3) is 4.44. The average Bonchev–Trinajstić information content (AvgIpc) is 2.77. The van der Waals surface area contributed by atoms with Crippen molar-refractivity contribution in [3.8, 4) is 0 Å². The smallest absolute Gasteiger partial charge is 0.330 e. The van der Waals surface area contributed by atoms with E-state index in [2.05, 4.69) is 22.0 Å². The third-order valence-corrected chi connectivity index (χ3v) is 3.06. The van der Waals surface area contributed by atoms with Crippen molar-refractivity contribution < 1.29 is 17.9 Å². The van der Waals surface area contributed by atoms with Gasteiger partial charge in [0.2, 0.25) is 0 Å². The molecule has 0 aliphatic rings. The topological polar surface area (TPSA) is 39.1 Å². The maximum atomic E-state index is 12.0. The Labute approximate surface area is 120 Å². The molecule has 4 nitrogen and oxygen atoms in total. The van der Waals surface area contributed by atoms with Crippen molar-refractivity contribution in [2.45, 2.75) is 32.8 Å². The second kappa shape index (κ2) is 6.91. The molecule has 0 spiro atoms. The number of aromatic nitrogens is 2. The highest BCUT2D eigenvalue weighted by Gasteiger charge is 2.28. The van der Waals surface area contributed by atoms with E-state index in [0.717, 1.165) is 23.9 Å². The first-order chi connectivity index (χ1) is 10.0. The van der Waals surface area contributed by atoms with Gasteiger partial charge in [0.25, 0.3) is 0 Å². The van der Waals surface area contributed by atoms with Gasteiger partial charge in [0.1, 0.15) is 5.65 Å². The zero-order valence-corrected chi connectivity index (χ0v) is 11.8. The van der Waals surface area contributed by atoms with E-state index in [1.54, 1.807) is 10.8 Å². The number of hydrogen-bond acceptors (Lipinski definition) is 3.